The van der Waals surface area contributed by atoms with E-state index in [-0.39, 0.29) is 0 Å². The predicted molar refractivity (Wildman–Crippen MR) is 83.8 cm³/mol. The average molecular weight is 326 g/mol. The molecule has 0 spiro atoms. The highest BCUT2D eigenvalue weighted by molar-refractivity contribution is 9.10. The lowest BCUT2D eigenvalue weighted by atomic mass is 9.76. The topological polar surface area (TPSA) is 21.3 Å². The second kappa shape index (κ2) is 7.30. The van der Waals surface area contributed by atoms with Crippen molar-refractivity contribution in [3.05, 3.63) is 28.2 Å². The van der Waals surface area contributed by atoms with Gasteiger partial charge in [-0.2, -0.15) is 0 Å². The van der Waals surface area contributed by atoms with E-state index in [0.29, 0.717) is 0 Å². The molecule has 1 aliphatic rings. The number of methoxy groups -OCH3 is 1. The van der Waals surface area contributed by atoms with E-state index in [2.05, 4.69) is 40.4 Å². The summed E-state index contributed by atoms with van der Waals surface area (Å²) in [5, 5.41) is 3.35. The molecule has 0 saturated heterocycles. The molecule has 0 bridgehead atoms. The Morgan fingerprint density at radius 1 is 1.26 bits per heavy atom. The zero-order chi connectivity index (χ0) is 13.7. The molecule has 2 nitrogen and oxygen atoms in total. The Kier molecular flexibility index (Phi) is 5.71. The van der Waals surface area contributed by atoms with E-state index >= 15 is 0 Å². The maximum absolute atomic E-state index is 5.50. The predicted octanol–water partition coefficient (Wildman–Crippen LogP) is 4.03. The molecule has 0 aliphatic heterocycles. The lowest BCUT2D eigenvalue weighted by molar-refractivity contribution is 0.230. The highest BCUT2D eigenvalue weighted by Crippen LogP contribution is 2.35. The van der Waals surface area contributed by atoms with Crippen molar-refractivity contribution in [1.29, 1.82) is 0 Å². The summed E-state index contributed by atoms with van der Waals surface area (Å²) in [6, 6.07) is 6.33. The summed E-state index contributed by atoms with van der Waals surface area (Å²) in [4.78, 5) is 0. The third-order valence-electron chi connectivity index (χ3n) is 4.26. The van der Waals surface area contributed by atoms with E-state index in [4.69, 9.17) is 4.74 Å². The first-order chi connectivity index (χ1) is 9.24. The van der Waals surface area contributed by atoms with Crippen molar-refractivity contribution in [2.24, 2.45) is 11.8 Å². The largest absolute Gasteiger partial charge is 0.496 e. The Hall–Kier alpha value is -0.540. The lowest BCUT2D eigenvalue weighted by Crippen LogP contribution is -2.30. The molecule has 2 unspecified atom stereocenters. The smallest absolute Gasteiger partial charge is 0.122 e. The van der Waals surface area contributed by atoms with Crippen molar-refractivity contribution in [3.63, 3.8) is 0 Å². The average Bonchev–Trinajstić information content (AvgIpc) is 2.42. The Bertz CT molecular complexity index is 406. The molecule has 1 aromatic carbocycles. The normalized spacial score (nSPS) is 23.3. The van der Waals surface area contributed by atoms with Gasteiger partial charge in [-0.05, 0) is 68.5 Å². The maximum atomic E-state index is 5.50. The van der Waals surface area contributed by atoms with Gasteiger partial charge in [0.2, 0.25) is 0 Å². The highest BCUT2D eigenvalue weighted by atomic mass is 79.9. The molecule has 1 saturated carbocycles. The molecule has 2 rings (SSSR count). The molecule has 19 heavy (non-hydrogen) atoms. The van der Waals surface area contributed by atoms with Crippen LogP contribution in [0.15, 0.2) is 22.7 Å². The number of ether oxygens (including phenoxy) is 1. The molecule has 1 fully saturated rings. The standard InChI is InChI=1S/C16H24BrNO/c1-18-11-13-6-4-3-5-12(13)9-14-10-15(17)7-8-16(14)19-2/h7-8,10,12-13,18H,3-6,9,11H2,1-2H3. The van der Waals surface area contributed by atoms with Crippen LogP contribution in [-0.4, -0.2) is 20.7 Å². The van der Waals surface area contributed by atoms with Gasteiger partial charge < -0.3 is 10.1 Å². The SMILES string of the molecule is CNCC1CCCCC1Cc1cc(Br)ccc1OC. The summed E-state index contributed by atoms with van der Waals surface area (Å²) in [7, 11) is 3.82. The number of hydrogen-bond donors (Lipinski definition) is 1. The first kappa shape index (κ1) is 14.9. The van der Waals surface area contributed by atoms with E-state index in [0.717, 1.165) is 35.0 Å². The van der Waals surface area contributed by atoms with E-state index in [1.165, 1.54) is 31.2 Å². The molecule has 3 heteroatoms. The second-order valence-corrected chi connectivity index (χ2v) is 6.44. The molecule has 106 valence electrons. The number of rotatable bonds is 5. The number of halogens is 1. The minimum atomic E-state index is 0.782. The van der Waals surface area contributed by atoms with Crippen molar-refractivity contribution in [3.8, 4) is 5.75 Å². The molecular formula is C16H24BrNO. The van der Waals surface area contributed by atoms with Crippen LogP contribution in [0.25, 0.3) is 0 Å². The van der Waals surface area contributed by atoms with Crippen LogP contribution in [0.3, 0.4) is 0 Å². The molecule has 1 aromatic rings. The number of hydrogen-bond acceptors (Lipinski definition) is 2. The zero-order valence-corrected chi connectivity index (χ0v) is 13.5. The molecule has 0 heterocycles. The van der Waals surface area contributed by atoms with Gasteiger partial charge in [-0.25, -0.2) is 0 Å². The Balaban J connectivity index is 2.11. The zero-order valence-electron chi connectivity index (χ0n) is 11.9. The van der Waals surface area contributed by atoms with E-state index in [1.807, 2.05) is 6.07 Å². The number of nitrogens with one attached hydrogen (secondary N) is 1. The fraction of sp³-hybridized carbons (Fsp3) is 0.625. The van der Waals surface area contributed by atoms with Crippen molar-refractivity contribution in [2.75, 3.05) is 20.7 Å². The van der Waals surface area contributed by atoms with Gasteiger partial charge in [0, 0.05) is 4.47 Å². The molecule has 2 atom stereocenters. The van der Waals surface area contributed by atoms with Crippen LogP contribution in [0.1, 0.15) is 31.2 Å². The fourth-order valence-corrected chi connectivity index (χ4v) is 3.68. The molecule has 1 aliphatic carbocycles. The third kappa shape index (κ3) is 3.96. The van der Waals surface area contributed by atoms with Gasteiger partial charge in [-0.3, -0.25) is 0 Å². The van der Waals surface area contributed by atoms with Crippen LogP contribution in [-0.2, 0) is 6.42 Å². The van der Waals surface area contributed by atoms with Gasteiger partial charge in [0.05, 0.1) is 7.11 Å². The van der Waals surface area contributed by atoms with Crippen LogP contribution in [0.5, 0.6) is 5.75 Å². The van der Waals surface area contributed by atoms with Crippen LogP contribution < -0.4 is 10.1 Å². The minimum Gasteiger partial charge on any atom is -0.496 e. The third-order valence-corrected chi connectivity index (χ3v) is 4.75. The van der Waals surface area contributed by atoms with Crippen LogP contribution in [0.4, 0.5) is 0 Å². The molecular weight excluding hydrogens is 302 g/mol. The first-order valence-electron chi connectivity index (χ1n) is 7.21. The molecule has 0 aromatic heterocycles. The summed E-state index contributed by atoms with van der Waals surface area (Å²) in [5.41, 5.74) is 1.34. The summed E-state index contributed by atoms with van der Waals surface area (Å²) in [6.07, 6.45) is 6.61. The van der Waals surface area contributed by atoms with Gasteiger partial charge in [0.15, 0.2) is 0 Å². The molecule has 0 radical (unpaired) electrons. The Morgan fingerprint density at radius 2 is 2.00 bits per heavy atom. The second-order valence-electron chi connectivity index (χ2n) is 5.52. The molecule has 0 amide bonds. The Morgan fingerprint density at radius 3 is 2.68 bits per heavy atom. The monoisotopic (exact) mass is 325 g/mol. The van der Waals surface area contributed by atoms with E-state index in [1.54, 1.807) is 7.11 Å². The van der Waals surface area contributed by atoms with E-state index in [9.17, 15) is 0 Å². The first-order valence-corrected chi connectivity index (χ1v) is 8.01. The van der Waals surface area contributed by atoms with Crippen molar-refractivity contribution < 1.29 is 4.74 Å². The summed E-state index contributed by atoms with van der Waals surface area (Å²) in [6.45, 7) is 1.14. The van der Waals surface area contributed by atoms with Gasteiger partial charge in [0.1, 0.15) is 5.75 Å². The summed E-state index contributed by atoms with van der Waals surface area (Å²) < 4.78 is 6.64. The van der Waals surface area contributed by atoms with Crippen molar-refractivity contribution in [1.82, 2.24) is 5.32 Å². The Labute approximate surface area is 125 Å². The van der Waals surface area contributed by atoms with Crippen molar-refractivity contribution in [2.45, 2.75) is 32.1 Å². The van der Waals surface area contributed by atoms with Gasteiger partial charge >= 0.3 is 0 Å². The quantitative estimate of drug-likeness (QED) is 0.882. The van der Waals surface area contributed by atoms with Gasteiger partial charge in [-0.15, -0.1) is 0 Å². The van der Waals surface area contributed by atoms with Crippen LogP contribution >= 0.6 is 15.9 Å². The highest BCUT2D eigenvalue weighted by Gasteiger charge is 2.25. The van der Waals surface area contributed by atoms with Crippen LogP contribution in [0.2, 0.25) is 0 Å². The maximum Gasteiger partial charge on any atom is 0.122 e. The summed E-state index contributed by atoms with van der Waals surface area (Å²) >= 11 is 3.57. The van der Waals surface area contributed by atoms with Crippen LogP contribution in [0, 0.1) is 11.8 Å². The van der Waals surface area contributed by atoms with Gasteiger partial charge in [-0.1, -0.05) is 28.8 Å². The fourth-order valence-electron chi connectivity index (χ4n) is 3.27. The van der Waals surface area contributed by atoms with Crippen molar-refractivity contribution >= 4 is 15.9 Å². The van der Waals surface area contributed by atoms with Gasteiger partial charge in [0.25, 0.3) is 0 Å². The summed E-state index contributed by atoms with van der Waals surface area (Å²) in [5.74, 6) is 2.61. The van der Waals surface area contributed by atoms with E-state index < -0.39 is 0 Å². The lowest BCUT2D eigenvalue weighted by Gasteiger charge is -2.32. The number of benzene rings is 1. The molecule has 1 N–H and O–H groups in total. The minimum absolute atomic E-state index is 0.782.